The molecule has 2 fully saturated rings. The number of aliphatic hydroxyl groups excluding tert-OH is 1. The summed E-state index contributed by atoms with van der Waals surface area (Å²) in [4.78, 5) is 2.61. The summed E-state index contributed by atoms with van der Waals surface area (Å²) in [6.45, 7) is 9.55. The fraction of sp³-hybridized carbons (Fsp3) is 1.00. The first-order valence-electron chi connectivity index (χ1n) is 8.40. The molecule has 3 atom stereocenters. The quantitative estimate of drug-likeness (QED) is 0.730. The second kappa shape index (κ2) is 6.58. The minimum atomic E-state index is -0.0753. The summed E-state index contributed by atoms with van der Waals surface area (Å²) in [6, 6.07) is 0.446. The Hall–Kier alpha value is -0.0800. The van der Waals surface area contributed by atoms with Gasteiger partial charge in [0.05, 0.1) is 6.10 Å². The maximum absolute atomic E-state index is 10.4. The number of hydrogen-bond acceptors (Lipinski definition) is 2. The minimum absolute atomic E-state index is 0.0753. The van der Waals surface area contributed by atoms with Crippen LogP contribution < -0.4 is 0 Å². The van der Waals surface area contributed by atoms with Crippen LogP contribution in [0.25, 0.3) is 0 Å². The molecule has 1 aliphatic carbocycles. The molecule has 0 bridgehead atoms. The molecular weight excluding hydrogens is 234 g/mol. The Balaban J connectivity index is 1.94. The highest BCUT2D eigenvalue weighted by Gasteiger charge is 2.32. The average Bonchev–Trinajstić information content (AvgIpc) is 2.68. The van der Waals surface area contributed by atoms with Gasteiger partial charge in [-0.2, -0.15) is 0 Å². The molecule has 0 amide bonds. The molecule has 2 nitrogen and oxygen atoms in total. The first-order chi connectivity index (χ1) is 8.98. The van der Waals surface area contributed by atoms with Crippen LogP contribution in [0.4, 0.5) is 0 Å². The van der Waals surface area contributed by atoms with Crippen molar-refractivity contribution >= 4 is 0 Å². The molecule has 1 N–H and O–H groups in total. The van der Waals surface area contributed by atoms with Crippen molar-refractivity contribution in [2.45, 2.75) is 84.3 Å². The smallest absolute Gasteiger partial charge is 0.0695 e. The fourth-order valence-corrected chi connectivity index (χ4v) is 4.01. The summed E-state index contributed by atoms with van der Waals surface area (Å²) in [6.07, 6.45) is 9.98. The summed E-state index contributed by atoms with van der Waals surface area (Å²) in [7, 11) is 0. The van der Waals surface area contributed by atoms with E-state index in [0.29, 0.717) is 11.5 Å². The van der Waals surface area contributed by atoms with E-state index in [-0.39, 0.29) is 6.10 Å². The van der Waals surface area contributed by atoms with Crippen molar-refractivity contribution in [2.24, 2.45) is 11.3 Å². The largest absolute Gasteiger partial charge is 0.391 e. The molecule has 19 heavy (non-hydrogen) atoms. The van der Waals surface area contributed by atoms with Gasteiger partial charge in [-0.1, -0.05) is 40.0 Å². The van der Waals surface area contributed by atoms with Gasteiger partial charge in [-0.15, -0.1) is 0 Å². The SMILES string of the molecule is CC(C)(C)C1CCCN(C2CCCCCC2O)CC1. The van der Waals surface area contributed by atoms with Gasteiger partial charge in [0.1, 0.15) is 0 Å². The van der Waals surface area contributed by atoms with Crippen LogP contribution >= 0.6 is 0 Å². The van der Waals surface area contributed by atoms with Crippen molar-refractivity contribution < 1.29 is 5.11 Å². The molecule has 2 aliphatic rings. The van der Waals surface area contributed by atoms with Crippen LogP contribution in [0.5, 0.6) is 0 Å². The summed E-state index contributed by atoms with van der Waals surface area (Å²) in [5, 5.41) is 10.4. The van der Waals surface area contributed by atoms with E-state index < -0.39 is 0 Å². The summed E-state index contributed by atoms with van der Waals surface area (Å²) in [5.41, 5.74) is 0.443. The van der Waals surface area contributed by atoms with Gasteiger partial charge in [-0.05, 0) is 56.5 Å². The number of hydrogen-bond donors (Lipinski definition) is 1. The zero-order valence-corrected chi connectivity index (χ0v) is 13.2. The highest BCUT2D eigenvalue weighted by molar-refractivity contribution is 4.86. The maximum Gasteiger partial charge on any atom is 0.0695 e. The van der Waals surface area contributed by atoms with Gasteiger partial charge in [-0.25, -0.2) is 0 Å². The molecule has 3 unspecified atom stereocenters. The molecule has 0 aromatic rings. The summed E-state index contributed by atoms with van der Waals surface area (Å²) in [5.74, 6) is 0.848. The maximum atomic E-state index is 10.4. The molecule has 2 rings (SSSR count). The van der Waals surface area contributed by atoms with Gasteiger partial charge in [-0.3, -0.25) is 4.90 Å². The predicted molar refractivity (Wildman–Crippen MR) is 81.2 cm³/mol. The molecule has 1 heterocycles. The summed E-state index contributed by atoms with van der Waals surface area (Å²) < 4.78 is 0. The normalized spacial score (nSPS) is 35.7. The molecule has 1 aliphatic heterocycles. The monoisotopic (exact) mass is 267 g/mol. The number of rotatable bonds is 1. The third-order valence-electron chi connectivity index (χ3n) is 5.40. The van der Waals surface area contributed by atoms with Gasteiger partial charge in [0, 0.05) is 6.04 Å². The highest BCUT2D eigenvalue weighted by atomic mass is 16.3. The van der Waals surface area contributed by atoms with Crippen LogP contribution in [-0.2, 0) is 0 Å². The van der Waals surface area contributed by atoms with Crippen LogP contribution in [0.15, 0.2) is 0 Å². The van der Waals surface area contributed by atoms with Crippen molar-refractivity contribution in [1.29, 1.82) is 0 Å². The lowest BCUT2D eigenvalue weighted by molar-refractivity contribution is 0.0442. The first-order valence-corrected chi connectivity index (χ1v) is 8.40. The Morgan fingerprint density at radius 3 is 2.32 bits per heavy atom. The van der Waals surface area contributed by atoms with Gasteiger partial charge >= 0.3 is 0 Å². The van der Waals surface area contributed by atoms with Crippen LogP contribution in [-0.4, -0.2) is 35.2 Å². The summed E-state index contributed by atoms with van der Waals surface area (Å²) >= 11 is 0. The van der Waals surface area contributed by atoms with Gasteiger partial charge in [0.2, 0.25) is 0 Å². The molecule has 1 saturated heterocycles. The third kappa shape index (κ3) is 4.19. The highest BCUT2D eigenvalue weighted by Crippen LogP contribution is 2.35. The average molecular weight is 267 g/mol. The van der Waals surface area contributed by atoms with Crippen LogP contribution in [0.1, 0.15) is 72.1 Å². The van der Waals surface area contributed by atoms with Crippen LogP contribution in [0.3, 0.4) is 0 Å². The molecule has 2 heteroatoms. The van der Waals surface area contributed by atoms with Gasteiger partial charge in [0.25, 0.3) is 0 Å². The van der Waals surface area contributed by atoms with Gasteiger partial charge in [0.15, 0.2) is 0 Å². The Bertz CT molecular complexity index is 271. The molecule has 0 spiro atoms. The van der Waals surface area contributed by atoms with E-state index in [9.17, 15) is 5.11 Å². The Kier molecular flexibility index (Phi) is 5.30. The van der Waals surface area contributed by atoms with Gasteiger partial charge < -0.3 is 5.11 Å². The number of likely N-dealkylation sites (tertiary alicyclic amines) is 1. The van der Waals surface area contributed by atoms with Crippen molar-refractivity contribution in [3.63, 3.8) is 0 Å². The zero-order valence-electron chi connectivity index (χ0n) is 13.2. The van der Waals surface area contributed by atoms with E-state index in [2.05, 4.69) is 25.7 Å². The number of aliphatic hydroxyl groups is 1. The van der Waals surface area contributed by atoms with E-state index in [1.807, 2.05) is 0 Å². The van der Waals surface area contributed by atoms with Crippen LogP contribution in [0, 0.1) is 11.3 Å². The molecule has 1 saturated carbocycles. The predicted octanol–water partition coefficient (Wildman–Crippen LogP) is 3.83. The molecule has 112 valence electrons. The van der Waals surface area contributed by atoms with E-state index in [1.54, 1.807) is 0 Å². The molecule has 0 radical (unpaired) electrons. The topological polar surface area (TPSA) is 23.5 Å². The Labute approximate surface area is 119 Å². The molecular formula is C17H33NO. The number of nitrogens with zero attached hydrogens (tertiary/aromatic N) is 1. The van der Waals surface area contributed by atoms with Crippen molar-refractivity contribution in [3.8, 4) is 0 Å². The molecule has 0 aromatic carbocycles. The minimum Gasteiger partial charge on any atom is -0.391 e. The third-order valence-corrected chi connectivity index (χ3v) is 5.40. The first kappa shape index (κ1) is 15.3. The van der Waals surface area contributed by atoms with E-state index in [1.165, 1.54) is 58.0 Å². The zero-order chi connectivity index (χ0) is 13.9. The van der Waals surface area contributed by atoms with E-state index in [4.69, 9.17) is 0 Å². The lowest BCUT2D eigenvalue weighted by Crippen LogP contribution is -2.43. The second-order valence-corrected chi connectivity index (χ2v) is 7.80. The standard InChI is InChI=1S/C17H33NO/c1-17(2,3)14-8-7-12-18(13-11-14)15-9-5-4-6-10-16(15)19/h14-16,19H,4-13H2,1-3H3. The Morgan fingerprint density at radius 1 is 0.842 bits per heavy atom. The van der Waals surface area contributed by atoms with Crippen LogP contribution in [0.2, 0.25) is 0 Å². The van der Waals surface area contributed by atoms with Crippen molar-refractivity contribution in [2.75, 3.05) is 13.1 Å². The lowest BCUT2D eigenvalue weighted by Gasteiger charge is -2.34. The second-order valence-electron chi connectivity index (χ2n) is 7.80. The van der Waals surface area contributed by atoms with E-state index in [0.717, 1.165) is 12.3 Å². The van der Waals surface area contributed by atoms with Crippen molar-refractivity contribution in [3.05, 3.63) is 0 Å². The van der Waals surface area contributed by atoms with E-state index >= 15 is 0 Å². The van der Waals surface area contributed by atoms with Crippen molar-refractivity contribution in [1.82, 2.24) is 4.90 Å². The Morgan fingerprint density at radius 2 is 1.58 bits per heavy atom. The lowest BCUT2D eigenvalue weighted by atomic mass is 9.77. The molecule has 0 aromatic heterocycles. The fourth-order valence-electron chi connectivity index (χ4n) is 4.01.